The number of hydrogen-bond acceptors (Lipinski definition) is 3. The molecule has 0 aromatic carbocycles. The summed E-state index contributed by atoms with van der Waals surface area (Å²) in [5, 5.41) is 8.51. The summed E-state index contributed by atoms with van der Waals surface area (Å²) in [6.45, 7) is 0. The molecule has 0 radical (unpaired) electrons. The van der Waals surface area contributed by atoms with Crippen molar-refractivity contribution >= 4 is 5.97 Å². The number of hydrogen-bond donors (Lipinski definition) is 1. The van der Waals surface area contributed by atoms with Crippen molar-refractivity contribution in [3.8, 4) is 5.75 Å². The first-order valence-electron chi connectivity index (χ1n) is 4.22. The number of aromatic nitrogens is 1. The van der Waals surface area contributed by atoms with Gasteiger partial charge in [0.2, 0.25) is 0 Å². The fraction of sp³-hybridized carbons (Fsp3) is 0.333. The van der Waals surface area contributed by atoms with Gasteiger partial charge in [0.15, 0.2) is 11.5 Å². The highest BCUT2D eigenvalue weighted by Gasteiger charge is 2.24. The van der Waals surface area contributed by atoms with E-state index in [1.54, 1.807) is 0 Å². The lowest BCUT2D eigenvalue weighted by Crippen LogP contribution is -2.05. The molecule has 0 spiro atoms. The van der Waals surface area contributed by atoms with Crippen LogP contribution in [-0.4, -0.2) is 22.2 Å². The van der Waals surface area contributed by atoms with Gasteiger partial charge in [-0.05, 0) is 12.8 Å². The van der Waals surface area contributed by atoms with Crippen LogP contribution in [0.15, 0.2) is 12.3 Å². The van der Waals surface area contributed by atoms with Gasteiger partial charge in [0, 0.05) is 6.07 Å². The Balaban J connectivity index is 2.20. The molecule has 1 heterocycles. The minimum absolute atomic E-state index is 0.145. The predicted octanol–water partition coefficient (Wildman–Crippen LogP) is 1.46. The molecule has 0 amide bonds. The maximum absolute atomic E-state index is 13.0. The van der Waals surface area contributed by atoms with Gasteiger partial charge in [0.1, 0.15) is 5.75 Å². The Bertz CT molecular complexity index is 376. The summed E-state index contributed by atoms with van der Waals surface area (Å²) in [7, 11) is 0. The van der Waals surface area contributed by atoms with Crippen LogP contribution in [0.25, 0.3) is 0 Å². The van der Waals surface area contributed by atoms with Crippen LogP contribution in [0.3, 0.4) is 0 Å². The molecular weight excluding hydrogens is 189 g/mol. The van der Waals surface area contributed by atoms with Gasteiger partial charge in [-0.15, -0.1) is 0 Å². The number of carbonyl (C=O) groups is 1. The van der Waals surface area contributed by atoms with Crippen molar-refractivity contribution in [2.24, 2.45) is 0 Å². The van der Waals surface area contributed by atoms with Crippen LogP contribution in [0.1, 0.15) is 23.3 Å². The molecule has 1 aliphatic rings. The lowest BCUT2D eigenvalue weighted by molar-refractivity contribution is 0.0685. The Hall–Kier alpha value is -1.65. The fourth-order valence-corrected chi connectivity index (χ4v) is 1.02. The van der Waals surface area contributed by atoms with Gasteiger partial charge in [0.05, 0.1) is 12.3 Å². The number of ether oxygens (including phenoxy) is 1. The number of aromatic carboxylic acids is 1. The molecule has 4 nitrogen and oxygen atoms in total. The van der Waals surface area contributed by atoms with Crippen molar-refractivity contribution in [2.75, 3.05) is 0 Å². The first kappa shape index (κ1) is 8.93. The van der Waals surface area contributed by atoms with Crippen LogP contribution in [-0.2, 0) is 0 Å². The molecule has 14 heavy (non-hydrogen) atoms. The molecule has 0 bridgehead atoms. The Morgan fingerprint density at radius 2 is 2.36 bits per heavy atom. The third-order valence-corrected chi connectivity index (χ3v) is 1.85. The zero-order valence-corrected chi connectivity index (χ0v) is 7.24. The lowest BCUT2D eigenvalue weighted by Gasteiger charge is -2.04. The average Bonchev–Trinajstić information content (AvgIpc) is 2.87. The van der Waals surface area contributed by atoms with Crippen LogP contribution in [0.4, 0.5) is 4.39 Å². The van der Waals surface area contributed by atoms with Crippen molar-refractivity contribution < 1.29 is 19.0 Å². The number of rotatable bonds is 3. The number of nitrogens with zero attached hydrogens (tertiary/aromatic N) is 1. The van der Waals surface area contributed by atoms with E-state index >= 15 is 0 Å². The summed E-state index contributed by atoms with van der Waals surface area (Å²) >= 11 is 0. The van der Waals surface area contributed by atoms with Crippen molar-refractivity contribution in [3.63, 3.8) is 0 Å². The average molecular weight is 197 g/mol. The van der Waals surface area contributed by atoms with Gasteiger partial charge in [-0.25, -0.2) is 14.2 Å². The van der Waals surface area contributed by atoms with E-state index in [9.17, 15) is 9.18 Å². The van der Waals surface area contributed by atoms with Gasteiger partial charge in [-0.2, -0.15) is 0 Å². The standard InChI is InChI=1S/C9H8FNO3/c10-7-3-6(14-5-1-2-5)4-11-8(7)9(12)13/h3-5H,1-2H2,(H,12,13). The molecule has 1 aliphatic carbocycles. The van der Waals surface area contributed by atoms with Gasteiger partial charge in [-0.3, -0.25) is 0 Å². The van der Waals surface area contributed by atoms with Crippen LogP contribution in [0.2, 0.25) is 0 Å². The second kappa shape index (κ2) is 3.25. The van der Waals surface area contributed by atoms with Gasteiger partial charge in [-0.1, -0.05) is 0 Å². The second-order valence-electron chi connectivity index (χ2n) is 3.12. The van der Waals surface area contributed by atoms with Gasteiger partial charge < -0.3 is 9.84 Å². The predicted molar refractivity (Wildman–Crippen MR) is 44.8 cm³/mol. The Morgan fingerprint density at radius 3 is 2.86 bits per heavy atom. The van der Waals surface area contributed by atoms with E-state index in [0.29, 0.717) is 0 Å². The fourth-order valence-electron chi connectivity index (χ4n) is 1.02. The second-order valence-corrected chi connectivity index (χ2v) is 3.12. The number of halogens is 1. The molecule has 2 rings (SSSR count). The normalized spacial score (nSPS) is 15.2. The molecule has 0 aliphatic heterocycles. The molecule has 1 aromatic heterocycles. The van der Waals surface area contributed by atoms with E-state index in [2.05, 4.69) is 4.98 Å². The summed E-state index contributed by atoms with van der Waals surface area (Å²) in [4.78, 5) is 13.9. The maximum Gasteiger partial charge on any atom is 0.357 e. The Labute approximate surface area is 79.3 Å². The highest BCUT2D eigenvalue weighted by molar-refractivity contribution is 5.85. The summed E-state index contributed by atoms with van der Waals surface area (Å²) < 4.78 is 18.3. The van der Waals surface area contributed by atoms with Crippen LogP contribution >= 0.6 is 0 Å². The largest absolute Gasteiger partial charge is 0.489 e. The zero-order chi connectivity index (χ0) is 10.1. The van der Waals surface area contributed by atoms with E-state index < -0.39 is 17.5 Å². The van der Waals surface area contributed by atoms with E-state index in [4.69, 9.17) is 9.84 Å². The molecule has 1 saturated carbocycles. The minimum atomic E-state index is -1.37. The van der Waals surface area contributed by atoms with E-state index in [1.807, 2.05) is 0 Å². The molecule has 1 N–H and O–H groups in total. The number of carboxylic acids is 1. The maximum atomic E-state index is 13.0. The summed E-state index contributed by atoms with van der Waals surface area (Å²) in [6, 6.07) is 1.05. The van der Waals surface area contributed by atoms with E-state index in [0.717, 1.165) is 18.9 Å². The van der Waals surface area contributed by atoms with Crippen LogP contribution in [0, 0.1) is 5.82 Å². The highest BCUT2D eigenvalue weighted by atomic mass is 19.1. The van der Waals surface area contributed by atoms with Crippen molar-refractivity contribution in [2.45, 2.75) is 18.9 Å². The molecule has 1 fully saturated rings. The van der Waals surface area contributed by atoms with Gasteiger partial charge >= 0.3 is 5.97 Å². The summed E-state index contributed by atoms with van der Waals surface area (Å²) in [6.07, 6.45) is 3.29. The molecule has 5 heteroatoms. The Morgan fingerprint density at radius 1 is 1.64 bits per heavy atom. The van der Waals surface area contributed by atoms with E-state index in [-0.39, 0.29) is 11.9 Å². The summed E-state index contributed by atoms with van der Waals surface area (Å²) in [5.74, 6) is -1.95. The molecule has 0 saturated heterocycles. The first-order valence-corrected chi connectivity index (χ1v) is 4.22. The third kappa shape index (κ3) is 1.81. The topological polar surface area (TPSA) is 59.4 Å². The van der Waals surface area contributed by atoms with Crippen LogP contribution in [0.5, 0.6) is 5.75 Å². The molecular formula is C9H8FNO3. The number of pyridine rings is 1. The third-order valence-electron chi connectivity index (χ3n) is 1.85. The van der Waals surface area contributed by atoms with Crippen LogP contribution < -0.4 is 4.74 Å². The monoisotopic (exact) mass is 197 g/mol. The molecule has 1 aromatic rings. The highest BCUT2D eigenvalue weighted by Crippen LogP contribution is 2.26. The zero-order valence-electron chi connectivity index (χ0n) is 7.24. The molecule has 74 valence electrons. The smallest absolute Gasteiger partial charge is 0.357 e. The van der Waals surface area contributed by atoms with Crippen molar-refractivity contribution in [1.29, 1.82) is 0 Å². The first-order chi connectivity index (χ1) is 6.66. The lowest BCUT2D eigenvalue weighted by atomic mass is 10.3. The van der Waals surface area contributed by atoms with Crippen molar-refractivity contribution in [3.05, 3.63) is 23.8 Å². The number of carboxylic acid groups (broad SMARTS) is 1. The minimum Gasteiger partial charge on any atom is -0.489 e. The molecule has 0 atom stereocenters. The Kier molecular flexibility index (Phi) is 2.07. The van der Waals surface area contributed by atoms with E-state index in [1.165, 1.54) is 6.20 Å². The van der Waals surface area contributed by atoms with Crippen molar-refractivity contribution in [1.82, 2.24) is 4.98 Å². The molecule has 0 unspecified atom stereocenters. The summed E-state index contributed by atoms with van der Waals surface area (Å²) in [5.41, 5.74) is -0.576. The van der Waals surface area contributed by atoms with Gasteiger partial charge in [0.25, 0.3) is 0 Å². The quantitative estimate of drug-likeness (QED) is 0.796. The SMILES string of the molecule is O=C(O)c1ncc(OC2CC2)cc1F.